The SMILES string of the molecule is C=CCN=P. The van der Waals surface area contributed by atoms with Crippen molar-refractivity contribution in [1.29, 1.82) is 0 Å². The normalized spacial score (nSPS) is 6.40. The molecule has 0 fully saturated rings. The first-order valence-corrected chi connectivity index (χ1v) is 1.80. The zero-order chi connectivity index (χ0) is 4.12. The lowest BCUT2D eigenvalue weighted by atomic mass is 10.7. The predicted octanol–water partition coefficient (Wildman–Crippen LogP) is 1.50. The number of nitrogens with zero attached hydrogens (tertiary/aromatic N) is 1. The van der Waals surface area contributed by atoms with Crippen LogP contribution >= 0.6 is 9.03 Å². The summed E-state index contributed by atoms with van der Waals surface area (Å²) in [5.74, 6) is 0. The molecule has 5 heavy (non-hydrogen) atoms. The van der Waals surface area contributed by atoms with Crippen LogP contribution in [-0.2, 0) is 0 Å². The van der Waals surface area contributed by atoms with Crippen molar-refractivity contribution in [2.45, 2.75) is 0 Å². The van der Waals surface area contributed by atoms with Gasteiger partial charge in [0, 0.05) is 0 Å². The van der Waals surface area contributed by atoms with Crippen molar-refractivity contribution in [3.05, 3.63) is 12.7 Å². The Bertz CT molecular complexity index is 36.2. The Kier molecular flexibility index (Phi) is 3.72. The lowest BCUT2D eigenvalue weighted by Gasteiger charge is -1.65. The molecule has 0 radical (unpaired) electrons. The summed E-state index contributed by atoms with van der Waals surface area (Å²) in [5.41, 5.74) is 0. The van der Waals surface area contributed by atoms with Crippen LogP contribution in [0.3, 0.4) is 0 Å². The van der Waals surface area contributed by atoms with Crippen molar-refractivity contribution in [3.8, 4) is 0 Å². The molecule has 28 valence electrons. The summed E-state index contributed by atoms with van der Waals surface area (Å²) in [6.07, 6.45) is 1.72. The minimum absolute atomic E-state index is 0.691. The highest BCUT2D eigenvalue weighted by molar-refractivity contribution is 7.03. The smallest absolute Gasteiger partial charge is 0.0608 e. The Balaban J connectivity index is 2.65. The van der Waals surface area contributed by atoms with Crippen LogP contribution in [0.5, 0.6) is 0 Å². The molecule has 0 aliphatic rings. The summed E-state index contributed by atoms with van der Waals surface area (Å²) in [4.78, 5) is 0. The van der Waals surface area contributed by atoms with E-state index in [1.807, 2.05) is 0 Å². The Morgan fingerprint density at radius 2 is 2.60 bits per heavy atom. The van der Waals surface area contributed by atoms with E-state index in [9.17, 15) is 0 Å². The van der Waals surface area contributed by atoms with Crippen LogP contribution in [0, 0.1) is 0 Å². The summed E-state index contributed by atoms with van der Waals surface area (Å²) in [6.45, 7) is 4.12. The molecular formula is C3H6NP. The molecule has 0 unspecified atom stereocenters. The van der Waals surface area contributed by atoms with Crippen molar-refractivity contribution in [2.24, 2.45) is 4.74 Å². The number of hydrogen-bond acceptors (Lipinski definition) is 1. The molecule has 1 nitrogen and oxygen atoms in total. The van der Waals surface area contributed by atoms with Crippen LogP contribution in [-0.4, -0.2) is 6.54 Å². The maximum atomic E-state index is 3.54. The summed E-state index contributed by atoms with van der Waals surface area (Å²) in [5, 5.41) is 0. The third kappa shape index (κ3) is 3.84. The third-order valence-corrected chi connectivity index (χ3v) is 0.403. The largest absolute Gasteiger partial charge is 0.268 e. The van der Waals surface area contributed by atoms with Crippen molar-refractivity contribution in [3.63, 3.8) is 0 Å². The fraction of sp³-hybridized carbons (Fsp3) is 0.333. The average molecular weight is 87.1 g/mol. The van der Waals surface area contributed by atoms with Crippen LogP contribution in [0.2, 0.25) is 0 Å². The Morgan fingerprint density at radius 3 is 2.60 bits per heavy atom. The van der Waals surface area contributed by atoms with E-state index in [1.54, 1.807) is 6.08 Å². The first kappa shape index (κ1) is 4.84. The van der Waals surface area contributed by atoms with Gasteiger partial charge in [0.25, 0.3) is 0 Å². The second kappa shape index (κ2) is 3.84. The van der Waals surface area contributed by atoms with Gasteiger partial charge in [0.15, 0.2) is 0 Å². The molecule has 0 aromatic heterocycles. The molecule has 0 rings (SSSR count). The van der Waals surface area contributed by atoms with E-state index in [1.165, 1.54) is 0 Å². The van der Waals surface area contributed by atoms with Gasteiger partial charge in [-0.3, -0.25) is 4.74 Å². The van der Waals surface area contributed by atoms with E-state index in [0.717, 1.165) is 0 Å². The van der Waals surface area contributed by atoms with E-state index in [0.29, 0.717) is 6.54 Å². The zero-order valence-corrected chi connectivity index (χ0v) is 3.94. The quantitative estimate of drug-likeness (QED) is 0.357. The highest BCUT2D eigenvalue weighted by Crippen LogP contribution is 1.70. The first-order valence-electron chi connectivity index (χ1n) is 1.36. The molecule has 0 atom stereocenters. The second-order valence-corrected chi connectivity index (χ2v) is 0.946. The first-order chi connectivity index (χ1) is 2.41. The molecule has 2 heteroatoms. The molecule has 0 saturated carbocycles. The molecule has 0 aromatic carbocycles. The van der Waals surface area contributed by atoms with Crippen molar-refractivity contribution < 1.29 is 0 Å². The van der Waals surface area contributed by atoms with Crippen LogP contribution in [0.1, 0.15) is 0 Å². The third-order valence-electron chi connectivity index (χ3n) is 0.220. The van der Waals surface area contributed by atoms with E-state index < -0.39 is 0 Å². The summed E-state index contributed by atoms with van der Waals surface area (Å²) >= 11 is 0. The predicted molar refractivity (Wildman–Crippen MR) is 25.8 cm³/mol. The molecule has 0 amide bonds. The molecule has 0 spiro atoms. The second-order valence-electron chi connectivity index (χ2n) is 0.629. The Morgan fingerprint density at radius 1 is 2.00 bits per heavy atom. The van der Waals surface area contributed by atoms with E-state index in [4.69, 9.17) is 0 Å². The van der Waals surface area contributed by atoms with Gasteiger partial charge >= 0.3 is 0 Å². The zero-order valence-electron chi connectivity index (χ0n) is 2.94. The molecular weight excluding hydrogens is 81.0 g/mol. The van der Waals surface area contributed by atoms with Crippen LogP contribution < -0.4 is 0 Å². The highest BCUT2D eigenvalue weighted by atomic mass is 31.0. The van der Waals surface area contributed by atoms with Crippen LogP contribution in [0.15, 0.2) is 17.4 Å². The Hall–Kier alpha value is -0.160. The van der Waals surface area contributed by atoms with Crippen molar-refractivity contribution >= 4 is 9.03 Å². The van der Waals surface area contributed by atoms with Gasteiger partial charge in [-0.2, -0.15) is 0 Å². The molecule has 0 heterocycles. The summed E-state index contributed by atoms with van der Waals surface area (Å²) in [7, 11) is 2.90. The maximum absolute atomic E-state index is 3.54. The van der Waals surface area contributed by atoms with Gasteiger partial charge in [-0.1, -0.05) is 6.08 Å². The molecule has 0 N–H and O–H groups in total. The fourth-order valence-electron chi connectivity index (χ4n) is 0.0645. The molecule has 0 saturated heterocycles. The Labute approximate surface area is 34.0 Å². The maximum Gasteiger partial charge on any atom is 0.0608 e. The van der Waals surface area contributed by atoms with E-state index in [-0.39, 0.29) is 0 Å². The lowest BCUT2D eigenvalue weighted by molar-refractivity contribution is 1.29. The summed E-state index contributed by atoms with van der Waals surface area (Å²) in [6, 6.07) is 0. The van der Waals surface area contributed by atoms with Gasteiger partial charge in [0.2, 0.25) is 0 Å². The van der Waals surface area contributed by atoms with Gasteiger partial charge in [-0.15, -0.1) is 6.58 Å². The monoisotopic (exact) mass is 87.0 g/mol. The minimum atomic E-state index is 0.691. The van der Waals surface area contributed by atoms with Gasteiger partial charge < -0.3 is 0 Å². The van der Waals surface area contributed by atoms with Crippen LogP contribution in [0.4, 0.5) is 0 Å². The van der Waals surface area contributed by atoms with Gasteiger partial charge in [0.05, 0.1) is 6.54 Å². The van der Waals surface area contributed by atoms with Crippen molar-refractivity contribution in [1.82, 2.24) is 0 Å². The highest BCUT2D eigenvalue weighted by Gasteiger charge is 1.52. The van der Waals surface area contributed by atoms with Gasteiger partial charge in [0.1, 0.15) is 0 Å². The van der Waals surface area contributed by atoms with E-state index >= 15 is 0 Å². The van der Waals surface area contributed by atoms with Gasteiger partial charge in [-0.25, -0.2) is 0 Å². The van der Waals surface area contributed by atoms with Gasteiger partial charge in [-0.05, 0) is 9.03 Å². The topological polar surface area (TPSA) is 12.4 Å². The average Bonchev–Trinajstić information content (AvgIpc) is 1.41. The molecule has 0 aliphatic carbocycles. The van der Waals surface area contributed by atoms with Crippen LogP contribution in [0.25, 0.3) is 0 Å². The molecule has 0 aliphatic heterocycles. The molecule has 0 bridgehead atoms. The fourth-order valence-corrected chi connectivity index (χ4v) is 0.194. The van der Waals surface area contributed by atoms with E-state index in [2.05, 4.69) is 20.4 Å². The summed E-state index contributed by atoms with van der Waals surface area (Å²) < 4.78 is 3.54. The molecule has 0 aromatic rings. The number of rotatable bonds is 2. The standard InChI is InChI=1S/C3H6NP/c1-2-3-4-5/h2,5H,1,3H2. The number of hydrogen-bond donors (Lipinski definition) is 0. The van der Waals surface area contributed by atoms with Crippen molar-refractivity contribution in [2.75, 3.05) is 6.54 Å². The lowest BCUT2D eigenvalue weighted by Crippen LogP contribution is -1.56. The minimum Gasteiger partial charge on any atom is -0.268 e.